The minimum absolute atomic E-state index is 0.348. The summed E-state index contributed by atoms with van der Waals surface area (Å²) in [6, 6.07) is 14.4. The number of hydrogen-bond acceptors (Lipinski definition) is 4. The van der Waals surface area contributed by atoms with Crippen molar-refractivity contribution in [2.45, 2.75) is 24.1 Å². The Kier molecular flexibility index (Phi) is 4.01. The standard InChI is InChI=1S/C16H16N4S/c1-12(14-6-4-3-5-7-14)21-16-9-8-15(18-19-16)20-11-10-17-13(20)2/h3-12H,1-2H3. The lowest BCUT2D eigenvalue weighted by Crippen LogP contribution is -2.00. The summed E-state index contributed by atoms with van der Waals surface area (Å²) in [4.78, 5) is 4.19. The van der Waals surface area contributed by atoms with Gasteiger partial charge in [0, 0.05) is 17.6 Å². The first-order chi connectivity index (χ1) is 10.2. The number of imidazole rings is 1. The van der Waals surface area contributed by atoms with Crippen molar-refractivity contribution in [1.29, 1.82) is 0 Å². The molecule has 0 saturated carbocycles. The highest BCUT2D eigenvalue weighted by atomic mass is 32.2. The largest absolute Gasteiger partial charge is 0.287 e. The van der Waals surface area contributed by atoms with Crippen molar-refractivity contribution in [3.8, 4) is 5.82 Å². The normalized spacial score (nSPS) is 12.3. The molecule has 0 bridgehead atoms. The second-order valence-corrected chi connectivity index (χ2v) is 6.11. The van der Waals surface area contributed by atoms with Gasteiger partial charge in [0.15, 0.2) is 5.82 Å². The van der Waals surface area contributed by atoms with Crippen molar-refractivity contribution in [1.82, 2.24) is 19.7 Å². The number of rotatable bonds is 4. The fourth-order valence-electron chi connectivity index (χ4n) is 2.10. The van der Waals surface area contributed by atoms with Crippen LogP contribution in [0.2, 0.25) is 0 Å². The molecule has 5 heteroatoms. The van der Waals surface area contributed by atoms with E-state index in [2.05, 4.69) is 46.4 Å². The molecular weight excluding hydrogens is 280 g/mol. The number of nitrogens with zero attached hydrogens (tertiary/aromatic N) is 4. The van der Waals surface area contributed by atoms with Gasteiger partial charge in [0.25, 0.3) is 0 Å². The number of aromatic nitrogens is 4. The Morgan fingerprint density at radius 2 is 1.86 bits per heavy atom. The summed E-state index contributed by atoms with van der Waals surface area (Å²) < 4.78 is 1.92. The Bertz CT molecular complexity index is 707. The topological polar surface area (TPSA) is 43.6 Å². The van der Waals surface area contributed by atoms with E-state index in [4.69, 9.17) is 0 Å². The molecule has 106 valence electrons. The Balaban J connectivity index is 1.75. The smallest absolute Gasteiger partial charge is 0.160 e. The van der Waals surface area contributed by atoms with Crippen molar-refractivity contribution in [2.24, 2.45) is 0 Å². The fraction of sp³-hybridized carbons (Fsp3) is 0.188. The zero-order valence-corrected chi connectivity index (χ0v) is 12.8. The predicted molar refractivity (Wildman–Crippen MR) is 84.6 cm³/mol. The van der Waals surface area contributed by atoms with Gasteiger partial charge in [0.05, 0.1) is 0 Å². The van der Waals surface area contributed by atoms with Crippen LogP contribution in [0.25, 0.3) is 5.82 Å². The van der Waals surface area contributed by atoms with Crippen LogP contribution >= 0.6 is 11.8 Å². The average Bonchev–Trinajstić information content (AvgIpc) is 2.95. The molecule has 0 amide bonds. The highest BCUT2D eigenvalue weighted by Gasteiger charge is 2.09. The molecule has 2 heterocycles. The number of thioether (sulfide) groups is 1. The van der Waals surface area contributed by atoms with Crippen LogP contribution in [0, 0.1) is 6.92 Å². The quantitative estimate of drug-likeness (QED) is 0.686. The maximum Gasteiger partial charge on any atom is 0.160 e. The molecular formula is C16H16N4S. The molecule has 21 heavy (non-hydrogen) atoms. The maximum absolute atomic E-state index is 4.31. The van der Waals surface area contributed by atoms with Gasteiger partial charge in [-0.3, -0.25) is 4.57 Å². The molecule has 1 aromatic carbocycles. The molecule has 2 aromatic heterocycles. The summed E-state index contributed by atoms with van der Waals surface area (Å²) in [5.41, 5.74) is 1.29. The maximum atomic E-state index is 4.31. The first-order valence-electron chi connectivity index (χ1n) is 6.79. The molecule has 0 aliphatic rings. The number of hydrogen-bond donors (Lipinski definition) is 0. The van der Waals surface area contributed by atoms with Crippen molar-refractivity contribution < 1.29 is 0 Å². The van der Waals surface area contributed by atoms with Crippen molar-refractivity contribution >= 4 is 11.8 Å². The van der Waals surface area contributed by atoms with Crippen LogP contribution < -0.4 is 0 Å². The second kappa shape index (κ2) is 6.10. The second-order valence-electron chi connectivity index (χ2n) is 4.74. The zero-order chi connectivity index (χ0) is 14.7. The fourth-order valence-corrected chi connectivity index (χ4v) is 2.99. The molecule has 3 aromatic rings. The molecule has 0 radical (unpaired) electrons. The minimum Gasteiger partial charge on any atom is -0.287 e. The molecule has 0 aliphatic carbocycles. The van der Waals surface area contributed by atoms with Gasteiger partial charge in [-0.15, -0.1) is 10.2 Å². The lowest BCUT2D eigenvalue weighted by molar-refractivity contribution is 0.839. The van der Waals surface area contributed by atoms with Crippen LogP contribution in [-0.2, 0) is 0 Å². The van der Waals surface area contributed by atoms with E-state index in [1.54, 1.807) is 18.0 Å². The van der Waals surface area contributed by atoms with Crippen LogP contribution in [0.4, 0.5) is 0 Å². The summed E-state index contributed by atoms with van der Waals surface area (Å²) in [5, 5.41) is 9.86. The SMILES string of the molecule is Cc1nccn1-c1ccc(SC(C)c2ccccc2)nn1. The lowest BCUT2D eigenvalue weighted by Gasteiger charge is -2.10. The average molecular weight is 296 g/mol. The van der Waals surface area contributed by atoms with Crippen LogP contribution in [0.15, 0.2) is 59.9 Å². The summed E-state index contributed by atoms with van der Waals surface area (Å²) >= 11 is 1.71. The molecule has 1 atom stereocenters. The van der Waals surface area contributed by atoms with Gasteiger partial charge in [-0.25, -0.2) is 4.98 Å². The van der Waals surface area contributed by atoms with Gasteiger partial charge in [-0.1, -0.05) is 42.1 Å². The number of aryl methyl sites for hydroxylation is 1. The van der Waals surface area contributed by atoms with E-state index in [-0.39, 0.29) is 0 Å². The van der Waals surface area contributed by atoms with E-state index in [0.717, 1.165) is 16.7 Å². The molecule has 0 spiro atoms. The molecule has 4 nitrogen and oxygen atoms in total. The van der Waals surface area contributed by atoms with Crippen molar-refractivity contribution in [2.75, 3.05) is 0 Å². The van der Waals surface area contributed by atoms with E-state index < -0.39 is 0 Å². The van der Waals surface area contributed by atoms with Gasteiger partial charge < -0.3 is 0 Å². The number of benzene rings is 1. The first kappa shape index (κ1) is 13.8. The van der Waals surface area contributed by atoms with Crippen LogP contribution in [0.1, 0.15) is 23.6 Å². The van der Waals surface area contributed by atoms with E-state index in [9.17, 15) is 0 Å². The highest BCUT2D eigenvalue weighted by Crippen LogP contribution is 2.33. The first-order valence-corrected chi connectivity index (χ1v) is 7.67. The molecule has 0 saturated heterocycles. The Labute approximate surface area is 128 Å². The van der Waals surface area contributed by atoms with Gasteiger partial charge in [0.1, 0.15) is 10.9 Å². The zero-order valence-electron chi connectivity index (χ0n) is 12.0. The third kappa shape index (κ3) is 3.13. The Morgan fingerprint density at radius 1 is 1.05 bits per heavy atom. The summed E-state index contributed by atoms with van der Waals surface area (Å²) in [6.45, 7) is 4.12. The van der Waals surface area contributed by atoms with E-state index >= 15 is 0 Å². The van der Waals surface area contributed by atoms with Gasteiger partial charge in [-0.05, 0) is 31.5 Å². The molecule has 0 fully saturated rings. The van der Waals surface area contributed by atoms with Crippen molar-refractivity contribution in [3.05, 3.63) is 66.2 Å². The summed E-state index contributed by atoms with van der Waals surface area (Å²) in [6.07, 6.45) is 3.65. The van der Waals surface area contributed by atoms with E-state index in [1.165, 1.54) is 5.56 Å². The van der Waals surface area contributed by atoms with Gasteiger partial charge >= 0.3 is 0 Å². The molecule has 0 N–H and O–H groups in total. The monoisotopic (exact) mass is 296 g/mol. The lowest BCUT2D eigenvalue weighted by atomic mass is 10.2. The van der Waals surface area contributed by atoms with E-state index in [0.29, 0.717) is 5.25 Å². The van der Waals surface area contributed by atoms with Gasteiger partial charge in [0.2, 0.25) is 0 Å². The third-order valence-electron chi connectivity index (χ3n) is 3.27. The molecule has 1 unspecified atom stereocenters. The predicted octanol–water partition coefficient (Wildman–Crippen LogP) is 3.82. The highest BCUT2D eigenvalue weighted by molar-refractivity contribution is 7.99. The van der Waals surface area contributed by atoms with Gasteiger partial charge in [-0.2, -0.15) is 0 Å². The van der Waals surface area contributed by atoms with Crippen molar-refractivity contribution in [3.63, 3.8) is 0 Å². The minimum atomic E-state index is 0.348. The molecule has 0 aliphatic heterocycles. The molecule has 3 rings (SSSR count). The van der Waals surface area contributed by atoms with Crippen LogP contribution in [0.5, 0.6) is 0 Å². The Hall–Kier alpha value is -2.14. The third-order valence-corrected chi connectivity index (χ3v) is 4.35. The summed E-state index contributed by atoms with van der Waals surface area (Å²) in [5.74, 6) is 1.70. The van der Waals surface area contributed by atoms with E-state index in [1.807, 2.05) is 35.9 Å². The summed E-state index contributed by atoms with van der Waals surface area (Å²) in [7, 11) is 0. The Morgan fingerprint density at radius 3 is 2.48 bits per heavy atom. The van der Waals surface area contributed by atoms with Crippen LogP contribution in [-0.4, -0.2) is 19.7 Å². The van der Waals surface area contributed by atoms with Crippen LogP contribution in [0.3, 0.4) is 0 Å².